The van der Waals surface area contributed by atoms with E-state index in [1.165, 1.54) is 0 Å². The van der Waals surface area contributed by atoms with Gasteiger partial charge >= 0.3 is 0 Å². The number of benzene rings is 1. The van der Waals surface area contributed by atoms with Gasteiger partial charge in [-0.05, 0) is 17.7 Å². The molecule has 2 nitrogen and oxygen atoms in total. The van der Waals surface area contributed by atoms with Crippen molar-refractivity contribution in [1.29, 1.82) is 0 Å². The van der Waals surface area contributed by atoms with Crippen LogP contribution in [0.15, 0.2) is 30.5 Å². The first-order chi connectivity index (χ1) is 6.74. The van der Waals surface area contributed by atoms with Crippen molar-refractivity contribution in [2.75, 3.05) is 6.67 Å². The van der Waals surface area contributed by atoms with Gasteiger partial charge < -0.3 is 9.67 Å². The average molecular weight is 193 g/mol. The second kappa shape index (κ2) is 3.42. The first-order valence-electron chi connectivity index (χ1n) is 4.52. The van der Waals surface area contributed by atoms with Crippen molar-refractivity contribution in [1.82, 2.24) is 4.57 Å². The van der Waals surface area contributed by atoms with Gasteiger partial charge in [-0.1, -0.05) is 12.1 Å². The molecule has 0 aliphatic rings. The largest absolute Gasteiger partial charge is 0.386 e. The van der Waals surface area contributed by atoms with Gasteiger partial charge in [0.1, 0.15) is 12.8 Å². The summed E-state index contributed by atoms with van der Waals surface area (Å²) >= 11 is 0. The van der Waals surface area contributed by atoms with Crippen molar-refractivity contribution in [3.63, 3.8) is 0 Å². The molecule has 1 aromatic carbocycles. The van der Waals surface area contributed by atoms with Crippen LogP contribution in [0.2, 0.25) is 0 Å². The van der Waals surface area contributed by atoms with Crippen molar-refractivity contribution in [3.8, 4) is 0 Å². The molecule has 0 saturated heterocycles. The predicted octanol–water partition coefficient (Wildman–Crippen LogP) is 2.18. The molecule has 1 aromatic heterocycles. The summed E-state index contributed by atoms with van der Waals surface area (Å²) in [5.41, 5.74) is 1.67. The molecule has 0 aliphatic heterocycles. The van der Waals surface area contributed by atoms with Crippen LogP contribution in [0.5, 0.6) is 0 Å². The van der Waals surface area contributed by atoms with Gasteiger partial charge in [-0.25, -0.2) is 4.39 Å². The van der Waals surface area contributed by atoms with Crippen LogP contribution in [-0.2, 0) is 7.05 Å². The molecule has 0 bridgehead atoms. The van der Waals surface area contributed by atoms with Crippen LogP contribution >= 0.6 is 0 Å². The maximum absolute atomic E-state index is 12.4. The molecule has 2 rings (SSSR count). The van der Waals surface area contributed by atoms with Gasteiger partial charge in [0, 0.05) is 24.1 Å². The Morgan fingerprint density at radius 3 is 2.93 bits per heavy atom. The zero-order valence-electron chi connectivity index (χ0n) is 7.94. The second-order valence-corrected chi connectivity index (χ2v) is 3.38. The fourth-order valence-electron chi connectivity index (χ4n) is 1.70. The fourth-order valence-corrected chi connectivity index (χ4v) is 1.70. The summed E-state index contributed by atoms with van der Waals surface area (Å²) in [7, 11) is 1.92. The maximum atomic E-state index is 12.4. The van der Waals surface area contributed by atoms with Gasteiger partial charge in [-0.2, -0.15) is 0 Å². The molecular formula is C11H12FNO. The summed E-state index contributed by atoms with van der Waals surface area (Å²) in [6, 6.07) is 7.43. The highest BCUT2D eigenvalue weighted by Crippen LogP contribution is 2.24. The van der Waals surface area contributed by atoms with Crippen molar-refractivity contribution in [2.24, 2.45) is 7.05 Å². The maximum Gasteiger partial charge on any atom is 0.120 e. The van der Waals surface area contributed by atoms with Gasteiger partial charge in [0.25, 0.3) is 0 Å². The molecule has 2 aromatic rings. The molecule has 1 heterocycles. The summed E-state index contributed by atoms with van der Waals surface area (Å²) < 4.78 is 14.3. The van der Waals surface area contributed by atoms with Gasteiger partial charge in [0.2, 0.25) is 0 Å². The smallest absolute Gasteiger partial charge is 0.120 e. The van der Waals surface area contributed by atoms with Crippen molar-refractivity contribution in [2.45, 2.75) is 6.10 Å². The molecule has 0 saturated carbocycles. The van der Waals surface area contributed by atoms with E-state index in [1.54, 1.807) is 6.07 Å². The Hall–Kier alpha value is -1.35. The minimum Gasteiger partial charge on any atom is -0.386 e. The predicted molar refractivity (Wildman–Crippen MR) is 53.9 cm³/mol. The Balaban J connectivity index is 2.65. The summed E-state index contributed by atoms with van der Waals surface area (Å²) in [6.07, 6.45) is 0.889. The number of hydrogen-bond acceptors (Lipinski definition) is 1. The SMILES string of the molecule is Cn1ccc2c(C(O)CF)cccc21. The Kier molecular flexibility index (Phi) is 2.25. The minimum absolute atomic E-state index is 0.658. The van der Waals surface area contributed by atoms with E-state index in [1.807, 2.05) is 36.0 Å². The molecule has 0 radical (unpaired) electrons. The summed E-state index contributed by atoms with van der Waals surface area (Å²) in [5, 5.41) is 10.4. The lowest BCUT2D eigenvalue weighted by Crippen LogP contribution is -1.99. The van der Waals surface area contributed by atoms with Crippen molar-refractivity contribution in [3.05, 3.63) is 36.0 Å². The van der Waals surface area contributed by atoms with Crippen LogP contribution in [0.3, 0.4) is 0 Å². The van der Waals surface area contributed by atoms with Gasteiger partial charge in [-0.3, -0.25) is 0 Å². The Labute approximate surface area is 81.6 Å². The number of nitrogens with zero attached hydrogens (tertiary/aromatic N) is 1. The normalized spacial score (nSPS) is 13.4. The third-order valence-corrected chi connectivity index (χ3v) is 2.47. The Bertz CT molecular complexity index is 449. The van der Waals surface area contributed by atoms with E-state index in [2.05, 4.69) is 0 Å². The number of aliphatic hydroxyl groups excluding tert-OH is 1. The standard InChI is InChI=1S/C11H12FNO/c1-13-6-5-8-9(11(14)7-12)3-2-4-10(8)13/h2-6,11,14H,7H2,1H3. The monoisotopic (exact) mass is 193 g/mol. The van der Waals surface area contributed by atoms with Crippen LogP contribution in [0.1, 0.15) is 11.7 Å². The number of halogens is 1. The summed E-state index contributed by atoms with van der Waals surface area (Å²) in [5.74, 6) is 0. The number of alkyl halides is 1. The highest BCUT2D eigenvalue weighted by molar-refractivity contribution is 5.84. The summed E-state index contributed by atoms with van der Waals surface area (Å²) in [6.45, 7) is -0.742. The zero-order chi connectivity index (χ0) is 10.1. The Morgan fingerprint density at radius 2 is 2.21 bits per heavy atom. The number of aryl methyl sites for hydroxylation is 1. The number of fused-ring (bicyclic) bond motifs is 1. The van der Waals surface area contributed by atoms with E-state index >= 15 is 0 Å². The quantitative estimate of drug-likeness (QED) is 0.777. The van der Waals surface area contributed by atoms with Crippen LogP contribution in [0, 0.1) is 0 Å². The zero-order valence-corrected chi connectivity index (χ0v) is 7.94. The number of aromatic nitrogens is 1. The third-order valence-electron chi connectivity index (χ3n) is 2.47. The molecular weight excluding hydrogens is 181 g/mol. The van der Waals surface area contributed by atoms with Crippen LogP contribution in [0.25, 0.3) is 10.9 Å². The van der Waals surface area contributed by atoms with Gasteiger partial charge in [-0.15, -0.1) is 0 Å². The van der Waals surface area contributed by atoms with E-state index < -0.39 is 12.8 Å². The minimum atomic E-state index is -1.01. The third kappa shape index (κ3) is 1.30. The topological polar surface area (TPSA) is 25.2 Å². The van der Waals surface area contributed by atoms with Gasteiger partial charge in [0.05, 0.1) is 0 Å². The molecule has 0 aliphatic carbocycles. The lowest BCUT2D eigenvalue weighted by Gasteiger charge is -2.08. The molecule has 14 heavy (non-hydrogen) atoms. The average Bonchev–Trinajstić information content (AvgIpc) is 2.59. The van der Waals surface area contributed by atoms with E-state index in [0.29, 0.717) is 5.56 Å². The highest BCUT2D eigenvalue weighted by Gasteiger charge is 2.11. The molecule has 1 atom stereocenters. The molecule has 3 heteroatoms. The number of aliphatic hydroxyl groups is 1. The first-order valence-corrected chi connectivity index (χ1v) is 4.52. The van der Waals surface area contributed by atoms with Crippen LogP contribution in [-0.4, -0.2) is 16.3 Å². The fraction of sp³-hybridized carbons (Fsp3) is 0.273. The highest BCUT2D eigenvalue weighted by atomic mass is 19.1. The van der Waals surface area contributed by atoms with Gasteiger partial charge in [0.15, 0.2) is 0 Å². The number of hydrogen-bond donors (Lipinski definition) is 1. The second-order valence-electron chi connectivity index (χ2n) is 3.38. The van der Waals surface area contributed by atoms with Crippen LogP contribution < -0.4 is 0 Å². The number of rotatable bonds is 2. The van der Waals surface area contributed by atoms with E-state index in [9.17, 15) is 9.50 Å². The Morgan fingerprint density at radius 1 is 1.43 bits per heavy atom. The first kappa shape index (κ1) is 9.21. The van der Waals surface area contributed by atoms with E-state index in [4.69, 9.17) is 0 Å². The van der Waals surface area contributed by atoms with E-state index in [0.717, 1.165) is 10.9 Å². The van der Waals surface area contributed by atoms with Crippen molar-refractivity contribution >= 4 is 10.9 Å². The van der Waals surface area contributed by atoms with Crippen molar-refractivity contribution < 1.29 is 9.50 Å². The lowest BCUT2D eigenvalue weighted by molar-refractivity contribution is 0.143. The molecule has 74 valence electrons. The summed E-state index contributed by atoms with van der Waals surface area (Å²) in [4.78, 5) is 0. The molecule has 0 fully saturated rings. The molecule has 0 amide bonds. The van der Waals surface area contributed by atoms with Crippen LogP contribution in [0.4, 0.5) is 4.39 Å². The molecule has 1 N–H and O–H groups in total. The van der Waals surface area contributed by atoms with E-state index in [-0.39, 0.29) is 0 Å². The molecule has 1 unspecified atom stereocenters. The molecule has 0 spiro atoms. The lowest BCUT2D eigenvalue weighted by atomic mass is 10.1.